The second kappa shape index (κ2) is 10.8. The standard InChI is InChI=1S/C27H35N5O4S/c1-19-10-11-25(23-9-5-4-8-22(19)23)37(35,36)30-24(13-16-31-17-14-28-27(31)29-34)26(33)32-15-12-20-6-2-3-7-21(20)18-32/h4-5,8-11,14,17,20-21,24,30,34H,2-3,6-7,12-13,15-16,18H2,1H3,(H,28,29)/t20?,21-,24?/m1/s1. The number of carbonyl (C=O) groups is 1. The van der Waals surface area contributed by atoms with Crippen LogP contribution in [0.15, 0.2) is 53.7 Å². The molecule has 10 heteroatoms. The second-order valence-corrected chi connectivity index (χ2v) is 12.0. The predicted molar refractivity (Wildman–Crippen MR) is 142 cm³/mol. The van der Waals surface area contributed by atoms with Gasteiger partial charge in [-0.1, -0.05) is 49.6 Å². The van der Waals surface area contributed by atoms with Crippen molar-refractivity contribution in [3.63, 3.8) is 0 Å². The maximum absolute atomic E-state index is 13.8. The first-order valence-corrected chi connectivity index (χ1v) is 14.6. The molecule has 1 aliphatic heterocycles. The summed E-state index contributed by atoms with van der Waals surface area (Å²) >= 11 is 0. The Balaban J connectivity index is 1.42. The minimum absolute atomic E-state index is 0.165. The third-order valence-electron chi connectivity index (χ3n) is 8.06. The molecule has 1 amide bonds. The van der Waals surface area contributed by atoms with Gasteiger partial charge in [-0.05, 0) is 55.0 Å². The number of likely N-dealkylation sites (tertiary alicyclic amines) is 1. The van der Waals surface area contributed by atoms with Crippen molar-refractivity contribution in [1.29, 1.82) is 0 Å². The summed E-state index contributed by atoms with van der Waals surface area (Å²) in [7, 11) is -4.00. The first-order chi connectivity index (χ1) is 17.9. The molecule has 1 saturated heterocycles. The number of fused-ring (bicyclic) bond motifs is 2. The van der Waals surface area contributed by atoms with Crippen molar-refractivity contribution in [3.8, 4) is 0 Å². The number of benzene rings is 2. The number of rotatable bonds is 8. The lowest BCUT2D eigenvalue weighted by molar-refractivity contribution is -0.136. The number of imidazole rings is 1. The first kappa shape index (κ1) is 25.7. The van der Waals surface area contributed by atoms with E-state index >= 15 is 0 Å². The Morgan fingerprint density at radius 3 is 2.65 bits per heavy atom. The van der Waals surface area contributed by atoms with Crippen LogP contribution in [0, 0.1) is 18.8 Å². The molecule has 0 radical (unpaired) electrons. The van der Waals surface area contributed by atoms with Crippen molar-refractivity contribution < 1.29 is 18.4 Å². The van der Waals surface area contributed by atoms with Crippen LogP contribution in [0.5, 0.6) is 0 Å². The number of amides is 1. The van der Waals surface area contributed by atoms with E-state index in [0.29, 0.717) is 36.9 Å². The number of anilines is 1. The molecule has 2 fully saturated rings. The number of nitrogens with zero attached hydrogens (tertiary/aromatic N) is 3. The van der Waals surface area contributed by atoms with Gasteiger partial charge in [0.05, 0.1) is 4.90 Å². The van der Waals surface area contributed by atoms with E-state index in [1.807, 2.05) is 35.5 Å². The molecule has 0 bridgehead atoms. The van der Waals surface area contributed by atoms with Gasteiger partial charge in [-0.25, -0.2) is 18.9 Å². The molecule has 3 N–H and O–H groups in total. The Bertz CT molecular complexity index is 1370. The molecule has 2 aromatic carbocycles. The highest BCUT2D eigenvalue weighted by Gasteiger charge is 2.36. The summed E-state index contributed by atoms with van der Waals surface area (Å²) in [5.41, 5.74) is 3.03. The summed E-state index contributed by atoms with van der Waals surface area (Å²) in [6.07, 6.45) is 9.20. The van der Waals surface area contributed by atoms with Crippen LogP contribution in [0.3, 0.4) is 0 Å². The fourth-order valence-electron chi connectivity index (χ4n) is 6.03. The van der Waals surface area contributed by atoms with Crippen LogP contribution in [0.2, 0.25) is 0 Å². The molecule has 2 heterocycles. The van der Waals surface area contributed by atoms with Gasteiger partial charge in [-0.3, -0.25) is 10.0 Å². The number of carbonyl (C=O) groups excluding carboxylic acids is 1. The lowest BCUT2D eigenvalue weighted by Gasteiger charge is -2.42. The van der Waals surface area contributed by atoms with Gasteiger partial charge in [0.1, 0.15) is 6.04 Å². The Hall–Kier alpha value is -2.95. The normalized spacial score (nSPS) is 21.0. The van der Waals surface area contributed by atoms with Crippen molar-refractivity contribution in [3.05, 3.63) is 54.4 Å². The van der Waals surface area contributed by atoms with Gasteiger partial charge in [0.15, 0.2) is 0 Å². The van der Waals surface area contributed by atoms with Crippen LogP contribution in [-0.2, 0) is 21.4 Å². The number of piperidine rings is 1. The zero-order valence-corrected chi connectivity index (χ0v) is 22.0. The van der Waals surface area contributed by atoms with Gasteiger partial charge in [-0.2, -0.15) is 4.72 Å². The molecule has 1 aliphatic carbocycles. The first-order valence-electron chi connectivity index (χ1n) is 13.1. The average molecular weight is 526 g/mol. The Morgan fingerprint density at radius 2 is 1.86 bits per heavy atom. The highest BCUT2D eigenvalue weighted by molar-refractivity contribution is 7.89. The van der Waals surface area contributed by atoms with Crippen LogP contribution in [0.1, 0.15) is 44.1 Å². The molecular formula is C27H35N5O4S. The molecule has 5 rings (SSSR count). The van der Waals surface area contributed by atoms with E-state index < -0.39 is 16.1 Å². The molecule has 2 unspecified atom stereocenters. The van der Waals surface area contributed by atoms with Crippen molar-refractivity contribution in [2.75, 3.05) is 18.6 Å². The molecule has 2 aliphatic rings. The molecular weight excluding hydrogens is 490 g/mol. The number of nitrogens with one attached hydrogen (secondary N) is 2. The lowest BCUT2D eigenvalue weighted by atomic mass is 9.75. The minimum atomic E-state index is -4.00. The van der Waals surface area contributed by atoms with E-state index in [9.17, 15) is 18.4 Å². The highest BCUT2D eigenvalue weighted by atomic mass is 32.2. The minimum Gasteiger partial charge on any atom is -0.341 e. The number of hydrogen-bond donors (Lipinski definition) is 3. The van der Waals surface area contributed by atoms with E-state index in [-0.39, 0.29) is 23.2 Å². The monoisotopic (exact) mass is 525 g/mol. The number of aryl methyl sites for hydroxylation is 2. The summed E-state index contributed by atoms with van der Waals surface area (Å²) in [6, 6.07) is 9.87. The molecule has 37 heavy (non-hydrogen) atoms. The Kier molecular flexibility index (Phi) is 7.50. The SMILES string of the molecule is Cc1ccc(S(=O)(=O)NC(CCn2ccnc2NO)C(=O)N2CCC3CCCC[C@@H]3C2)c2ccccc12. The molecule has 0 spiro atoms. The zero-order chi connectivity index (χ0) is 26.0. The largest absolute Gasteiger partial charge is 0.341 e. The summed E-state index contributed by atoms with van der Waals surface area (Å²) in [5, 5.41) is 10.8. The molecule has 9 nitrogen and oxygen atoms in total. The highest BCUT2D eigenvalue weighted by Crippen LogP contribution is 2.36. The lowest BCUT2D eigenvalue weighted by Crippen LogP contribution is -2.53. The fourth-order valence-corrected chi connectivity index (χ4v) is 7.47. The number of sulfonamides is 1. The van der Waals surface area contributed by atoms with E-state index in [0.717, 1.165) is 23.8 Å². The smallest absolute Gasteiger partial charge is 0.241 e. The Morgan fingerprint density at radius 1 is 1.11 bits per heavy atom. The number of aromatic nitrogens is 2. The van der Waals surface area contributed by atoms with E-state index in [1.165, 1.54) is 25.5 Å². The summed E-state index contributed by atoms with van der Waals surface area (Å²) in [4.78, 5) is 19.9. The van der Waals surface area contributed by atoms with Crippen molar-refractivity contribution in [2.24, 2.45) is 11.8 Å². The summed E-state index contributed by atoms with van der Waals surface area (Å²) in [5.74, 6) is 1.20. The average Bonchev–Trinajstić information content (AvgIpc) is 3.38. The molecule has 1 aromatic heterocycles. The van der Waals surface area contributed by atoms with Crippen LogP contribution in [0.25, 0.3) is 10.8 Å². The van der Waals surface area contributed by atoms with Crippen molar-refractivity contribution >= 4 is 32.7 Å². The van der Waals surface area contributed by atoms with Crippen molar-refractivity contribution in [1.82, 2.24) is 19.2 Å². The third-order valence-corrected chi connectivity index (χ3v) is 9.59. The summed E-state index contributed by atoms with van der Waals surface area (Å²) in [6.45, 7) is 3.59. The maximum Gasteiger partial charge on any atom is 0.241 e. The molecule has 3 aromatic rings. The quantitative estimate of drug-likeness (QED) is 0.384. The second-order valence-electron chi connectivity index (χ2n) is 10.3. The third kappa shape index (κ3) is 5.37. The van der Waals surface area contributed by atoms with Crippen molar-refractivity contribution in [2.45, 2.75) is 62.9 Å². The van der Waals surface area contributed by atoms with Crippen LogP contribution in [-0.4, -0.2) is 53.1 Å². The fraction of sp³-hybridized carbons (Fsp3) is 0.481. The molecule has 1 saturated carbocycles. The predicted octanol–water partition coefficient (Wildman–Crippen LogP) is 3.92. The van der Waals surface area contributed by atoms with E-state index in [2.05, 4.69) is 9.71 Å². The van der Waals surface area contributed by atoms with Gasteiger partial charge in [-0.15, -0.1) is 0 Å². The van der Waals surface area contributed by atoms with Gasteiger partial charge in [0.2, 0.25) is 21.9 Å². The van der Waals surface area contributed by atoms with E-state index in [1.54, 1.807) is 29.0 Å². The maximum atomic E-state index is 13.8. The van der Waals surface area contributed by atoms with Crippen LogP contribution in [0.4, 0.5) is 5.95 Å². The number of hydrogen-bond acceptors (Lipinski definition) is 6. The van der Waals surface area contributed by atoms with E-state index in [4.69, 9.17) is 0 Å². The van der Waals surface area contributed by atoms with Gasteiger partial charge >= 0.3 is 0 Å². The Labute approximate surface area is 217 Å². The van der Waals surface area contributed by atoms with Gasteiger partial charge < -0.3 is 9.47 Å². The zero-order valence-electron chi connectivity index (χ0n) is 21.1. The topological polar surface area (TPSA) is 117 Å². The molecule has 3 atom stereocenters. The molecule has 198 valence electrons. The van der Waals surface area contributed by atoms with Crippen LogP contribution < -0.4 is 10.2 Å². The van der Waals surface area contributed by atoms with Gasteiger partial charge in [0.25, 0.3) is 0 Å². The van der Waals surface area contributed by atoms with Crippen LogP contribution >= 0.6 is 0 Å². The van der Waals surface area contributed by atoms with Gasteiger partial charge in [0, 0.05) is 37.4 Å². The summed E-state index contributed by atoms with van der Waals surface area (Å²) < 4.78 is 31.8.